The zero-order chi connectivity index (χ0) is 42.7. The molecule has 0 amide bonds. The van der Waals surface area contributed by atoms with Crippen LogP contribution in [-0.2, 0) is 47.6 Å². The Kier molecular flexibility index (Phi) is 13.2. The van der Waals surface area contributed by atoms with Gasteiger partial charge in [0.05, 0.1) is 57.9 Å². The van der Waals surface area contributed by atoms with Crippen molar-refractivity contribution in [3.63, 3.8) is 0 Å². The van der Waals surface area contributed by atoms with Gasteiger partial charge in [0, 0.05) is 89.2 Å². The van der Waals surface area contributed by atoms with Gasteiger partial charge in [-0.3, -0.25) is 29.8 Å². The van der Waals surface area contributed by atoms with E-state index in [2.05, 4.69) is 0 Å². The number of hydrogen-bond acceptors (Lipinski definition) is 16. The third kappa shape index (κ3) is 7.25. The first-order valence-electron chi connectivity index (χ1n) is 18.5. The Morgan fingerprint density at radius 2 is 0.966 bits per heavy atom. The van der Waals surface area contributed by atoms with Crippen LogP contribution in [0.3, 0.4) is 0 Å². The van der Waals surface area contributed by atoms with E-state index in [1.54, 1.807) is 26.0 Å². The van der Waals surface area contributed by atoms with Gasteiger partial charge in [-0.25, -0.2) is 9.59 Å². The Hall–Kier alpha value is -5.56. The molecule has 0 saturated heterocycles. The monoisotopic (exact) mass is 810 g/mol. The van der Waals surface area contributed by atoms with E-state index in [-0.39, 0.29) is 95.6 Å². The minimum atomic E-state index is -1.42. The molecule has 2 N–H and O–H groups in total. The van der Waals surface area contributed by atoms with Crippen LogP contribution in [0, 0.1) is 43.9 Å². The molecule has 0 aromatic heterocycles. The standard InChI is InChI=1S/2C20H23NO8/c2*1-4-29-19(24)18-13-10-15(22)17(11-7-5-6-8-14(11)21(25)26)12(9-16(18)23)20(13,27-2)28-3/h2*5-8,12-13,17,23H,4,9-10H2,1-3H3/t2*12-,13-,17+/m00/s1. The first-order chi connectivity index (χ1) is 27.6. The lowest BCUT2D eigenvalue weighted by molar-refractivity contribution is -0.386. The molecule has 2 saturated carbocycles. The van der Waals surface area contributed by atoms with Gasteiger partial charge in [-0.1, -0.05) is 36.4 Å². The molecule has 4 aliphatic carbocycles. The Morgan fingerprint density at radius 3 is 1.26 bits per heavy atom. The van der Waals surface area contributed by atoms with Crippen LogP contribution in [0.15, 0.2) is 71.2 Å². The number of para-hydroxylation sites is 2. The highest BCUT2D eigenvalue weighted by Gasteiger charge is 2.64. The highest BCUT2D eigenvalue weighted by molar-refractivity contribution is 5.96. The molecule has 0 heterocycles. The maximum Gasteiger partial charge on any atom is 0.337 e. The molecule has 2 fully saturated rings. The van der Waals surface area contributed by atoms with Gasteiger partial charge in [0.15, 0.2) is 11.6 Å². The van der Waals surface area contributed by atoms with Gasteiger partial charge in [0.25, 0.3) is 11.4 Å². The van der Waals surface area contributed by atoms with Gasteiger partial charge in [-0.15, -0.1) is 0 Å². The predicted octanol–water partition coefficient (Wildman–Crippen LogP) is 5.30. The van der Waals surface area contributed by atoms with Crippen LogP contribution in [-0.4, -0.2) is 96.8 Å². The highest BCUT2D eigenvalue weighted by atomic mass is 16.7. The number of aliphatic hydroxyl groups is 2. The third-order valence-electron chi connectivity index (χ3n) is 11.7. The average molecular weight is 811 g/mol. The van der Waals surface area contributed by atoms with Crippen LogP contribution >= 0.6 is 0 Å². The molecule has 4 aliphatic rings. The second-order valence-corrected chi connectivity index (χ2v) is 14.1. The van der Waals surface area contributed by atoms with Crippen molar-refractivity contribution in [2.75, 3.05) is 41.7 Å². The van der Waals surface area contributed by atoms with Gasteiger partial charge in [0.2, 0.25) is 0 Å². The maximum absolute atomic E-state index is 13.1. The fraction of sp³-hybridized carbons (Fsp3) is 0.500. The van der Waals surface area contributed by atoms with Crippen LogP contribution in [0.4, 0.5) is 11.4 Å². The third-order valence-corrected chi connectivity index (χ3v) is 11.7. The van der Waals surface area contributed by atoms with Crippen molar-refractivity contribution in [2.45, 2.75) is 62.9 Å². The fourth-order valence-corrected chi connectivity index (χ4v) is 9.43. The fourth-order valence-electron chi connectivity index (χ4n) is 9.43. The van der Waals surface area contributed by atoms with Crippen LogP contribution in [0.25, 0.3) is 0 Å². The number of fused-ring (bicyclic) bond motifs is 4. The number of allylic oxidation sites excluding steroid dienone is 2. The number of benzene rings is 2. The number of aliphatic hydroxyl groups excluding tert-OH is 2. The number of methoxy groups -OCH3 is 4. The number of hydrogen-bond donors (Lipinski definition) is 2. The summed E-state index contributed by atoms with van der Waals surface area (Å²) in [6.07, 6.45) is -0.607. The summed E-state index contributed by atoms with van der Waals surface area (Å²) in [4.78, 5) is 73.2. The molecule has 4 bridgehead atoms. The lowest BCUT2D eigenvalue weighted by Gasteiger charge is -2.52. The predicted molar refractivity (Wildman–Crippen MR) is 200 cm³/mol. The van der Waals surface area contributed by atoms with Gasteiger partial charge < -0.3 is 38.6 Å². The minimum Gasteiger partial charge on any atom is -0.512 e. The first-order valence-corrected chi connectivity index (χ1v) is 18.5. The lowest BCUT2D eigenvalue weighted by Crippen LogP contribution is -2.60. The second-order valence-electron chi connectivity index (χ2n) is 14.1. The SMILES string of the molecule is CCOC(=O)C1=C(O)C[C@H]2[C@@H](c3ccccc3[N+](=O)[O-])C(=O)C[C@@H]1C2(OC)OC.CCOC(=O)C1=C(O)C[C@H]2[C@@H](c3ccccc3[N+](=O)[O-])C(=O)C[C@@H]1C2(OC)OC. The quantitative estimate of drug-likeness (QED) is 0.119. The van der Waals surface area contributed by atoms with Crippen molar-refractivity contribution < 1.29 is 67.7 Å². The zero-order valence-corrected chi connectivity index (χ0v) is 32.8. The molecular weight excluding hydrogens is 764 g/mol. The number of nitrogens with zero attached hydrogens (tertiary/aromatic N) is 2. The van der Waals surface area contributed by atoms with Crippen molar-refractivity contribution in [1.82, 2.24) is 0 Å². The van der Waals surface area contributed by atoms with Crippen molar-refractivity contribution in [1.29, 1.82) is 0 Å². The van der Waals surface area contributed by atoms with E-state index < -0.39 is 68.9 Å². The zero-order valence-electron chi connectivity index (χ0n) is 32.8. The lowest BCUT2D eigenvalue weighted by atomic mass is 9.59. The minimum absolute atomic E-state index is 0.0406. The van der Waals surface area contributed by atoms with Gasteiger partial charge >= 0.3 is 11.9 Å². The summed E-state index contributed by atoms with van der Waals surface area (Å²) in [5, 5.41) is 44.4. The summed E-state index contributed by atoms with van der Waals surface area (Å²) in [7, 11) is 5.56. The van der Waals surface area contributed by atoms with E-state index in [1.165, 1.54) is 64.8 Å². The van der Waals surface area contributed by atoms with Crippen LogP contribution < -0.4 is 0 Å². The number of ether oxygens (including phenoxy) is 6. The molecule has 2 aromatic carbocycles. The Morgan fingerprint density at radius 1 is 0.638 bits per heavy atom. The topological polar surface area (TPSA) is 250 Å². The van der Waals surface area contributed by atoms with E-state index in [1.807, 2.05) is 0 Å². The number of nitro benzene ring substituents is 2. The Labute approximate surface area is 333 Å². The molecule has 6 rings (SSSR count). The molecule has 0 unspecified atom stereocenters. The molecule has 0 radical (unpaired) electrons. The van der Waals surface area contributed by atoms with Gasteiger partial charge in [-0.05, 0) is 13.8 Å². The normalized spacial score (nSPS) is 25.6. The van der Waals surface area contributed by atoms with E-state index in [4.69, 9.17) is 28.4 Å². The average Bonchev–Trinajstić information content (AvgIpc) is 3.19. The number of nitro groups is 2. The van der Waals surface area contributed by atoms with Crippen molar-refractivity contribution >= 4 is 34.9 Å². The summed E-state index contributed by atoms with van der Waals surface area (Å²) in [6, 6.07) is 12.0. The largest absolute Gasteiger partial charge is 0.512 e. The van der Waals surface area contributed by atoms with E-state index in [0.717, 1.165) is 0 Å². The van der Waals surface area contributed by atoms with Gasteiger partial charge in [0.1, 0.15) is 23.1 Å². The number of carbonyl (C=O) groups is 4. The second kappa shape index (κ2) is 17.5. The molecule has 58 heavy (non-hydrogen) atoms. The first kappa shape index (κ1) is 43.6. The van der Waals surface area contributed by atoms with E-state index in [9.17, 15) is 49.6 Å². The van der Waals surface area contributed by atoms with Crippen LogP contribution in [0.1, 0.15) is 62.5 Å². The highest BCUT2D eigenvalue weighted by Crippen LogP contribution is 2.58. The number of carbonyl (C=O) groups excluding carboxylic acids is 4. The van der Waals surface area contributed by atoms with E-state index in [0.29, 0.717) is 0 Å². The molecule has 2 aromatic rings. The molecule has 18 heteroatoms. The van der Waals surface area contributed by atoms with Crippen molar-refractivity contribution in [3.05, 3.63) is 103 Å². The molecule has 6 atom stereocenters. The molecular formula is C40H46N2O16. The number of esters is 2. The summed E-state index contributed by atoms with van der Waals surface area (Å²) in [6.45, 7) is 3.48. The summed E-state index contributed by atoms with van der Waals surface area (Å²) in [5.74, 6) is -10.5. The van der Waals surface area contributed by atoms with Crippen molar-refractivity contribution in [3.8, 4) is 0 Å². The smallest absolute Gasteiger partial charge is 0.337 e. The van der Waals surface area contributed by atoms with Gasteiger partial charge in [-0.2, -0.15) is 0 Å². The molecule has 0 aliphatic heterocycles. The number of Topliss-reactive ketones (excluding diaryl/α,β-unsaturated/α-hetero) is 2. The number of rotatable bonds is 12. The van der Waals surface area contributed by atoms with E-state index >= 15 is 0 Å². The number of ketones is 2. The summed E-state index contributed by atoms with van der Waals surface area (Å²) < 4.78 is 32.9. The Bertz CT molecular complexity index is 1890. The van der Waals surface area contributed by atoms with Crippen LogP contribution in [0.2, 0.25) is 0 Å². The summed E-state index contributed by atoms with van der Waals surface area (Å²) >= 11 is 0. The van der Waals surface area contributed by atoms with Crippen LogP contribution in [0.5, 0.6) is 0 Å². The Balaban J connectivity index is 0.000000221. The maximum atomic E-state index is 13.1. The van der Waals surface area contributed by atoms with Crippen molar-refractivity contribution in [2.24, 2.45) is 23.7 Å². The molecule has 18 nitrogen and oxygen atoms in total. The molecule has 0 spiro atoms. The summed E-state index contributed by atoms with van der Waals surface area (Å²) in [5.41, 5.74) is 0.00562. The molecule has 312 valence electrons.